The molecule has 0 aliphatic heterocycles. The second-order valence-corrected chi connectivity index (χ2v) is 7.39. The van der Waals surface area contributed by atoms with Crippen LogP contribution in [0.1, 0.15) is 42.1 Å². The number of halogens is 2. The number of nitrogen functional groups attached to an aromatic ring is 1. The Kier molecular flexibility index (Phi) is 4.53. The summed E-state index contributed by atoms with van der Waals surface area (Å²) in [7, 11) is 0. The first kappa shape index (κ1) is 17.2. The summed E-state index contributed by atoms with van der Waals surface area (Å²) in [5.74, 6) is 0.587. The Bertz CT molecular complexity index is 933. The van der Waals surface area contributed by atoms with E-state index in [1.165, 1.54) is 5.56 Å². The van der Waals surface area contributed by atoms with Gasteiger partial charge >= 0.3 is 0 Å². The van der Waals surface area contributed by atoms with Gasteiger partial charge in [-0.25, -0.2) is 4.98 Å². The van der Waals surface area contributed by atoms with Crippen molar-refractivity contribution in [1.82, 2.24) is 19.5 Å². The molecule has 126 valence electrons. The number of pyridine rings is 1. The van der Waals surface area contributed by atoms with Gasteiger partial charge in [0.1, 0.15) is 10.3 Å². The van der Waals surface area contributed by atoms with E-state index in [1.807, 2.05) is 13.8 Å². The average molecular weight is 409 g/mol. The number of aryl methyl sites for hydroxylation is 1. The van der Waals surface area contributed by atoms with Crippen LogP contribution in [0, 0.1) is 13.8 Å². The van der Waals surface area contributed by atoms with E-state index in [4.69, 9.17) is 17.3 Å². The van der Waals surface area contributed by atoms with Crippen LogP contribution in [0.2, 0.25) is 5.02 Å². The molecule has 3 rings (SSSR count). The van der Waals surface area contributed by atoms with E-state index in [-0.39, 0.29) is 5.95 Å². The highest BCUT2D eigenvalue weighted by Gasteiger charge is 2.18. The van der Waals surface area contributed by atoms with Crippen molar-refractivity contribution >= 4 is 44.5 Å². The van der Waals surface area contributed by atoms with Crippen molar-refractivity contribution in [2.75, 3.05) is 5.73 Å². The first-order chi connectivity index (χ1) is 11.3. The fraction of sp³-hybridized carbons (Fsp3) is 0.353. The normalized spacial score (nSPS) is 11.6. The van der Waals surface area contributed by atoms with Gasteiger partial charge in [0, 0.05) is 17.4 Å². The number of anilines is 1. The fourth-order valence-corrected chi connectivity index (χ4v) is 3.56. The van der Waals surface area contributed by atoms with Gasteiger partial charge in [0.05, 0.1) is 17.6 Å². The van der Waals surface area contributed by atoms with Gasteiger partial charge in [0.15, 0.2) is 0 Å². The summed E-state index contributed by atoms with van der Waals surface area (Å²) in [5, 5.41) is 1.76. The summed E-state index contributed by atoms with van der Waals surface area (Å²) in [6, 6.07) is 0. The van der Waals surface area contributed by atoms with E-state index in [9.17, 15) is 0 Å². The zero-order chi connectivity index (χ0) is 17.6. The lowest BCUT2D eigenvalue weighted by molar-refractivity contribution is 0.775. The minimum absolute atomic E-state index is 0.246. The highest BCUT2D eigenvalue weighted by Crippen LogP contribution is 2.32. The molecule has 0 aliphatic rings. The van der Waals surface area contributed by atoms with Gasteiger partial charge in [-0.1, -0.05) is 25.4 Å². The van der Waals surface area contributed by atoms with E-state index in [1.54, 1.807) is 6.20 Å². The molecule has 0 radical (unpaired) electrons. The number of hydrogen-bond donors (Lipinski definition) is 1. The highest BCUT2D eigenvalue weighted by atomic mass is 79.9. The third-order valence-corrected chi connectivity index (χ3v) is 5.34. The first-order valence-corrected chi connectivity index (χ1v) is 8.89. The van der Waals surface area contributed by atoms with Crippen LogP contribution in [0.4, 0.5) is 5.95 Å². The molecule has 0 unspecified atom stereocenters. The van der Waals surface area contributed by atoms with Crippen molar-refractivity contribution in [3.8, 4) is 0 Å². The standard InChI is InChI=1S/C17H19BrClN5/c1-8(2)11-6-24(16-13(11)15(18)22-17(20)23-16)7-12-10(4)14(19)9(3)5-21-12/h5-6,8H,7H2,1-4H3,(H2,20,22,23). The molecule has 0 aliphatic carbocycles. The first-order valence-electron chi connectivity index (χ1n) is 7.72. The number of nitrogens with two attached hydrogens (primary N) is 1. The zero-order valence-electron chi connectivity index (χ0n) is 14.1. The molecule has 0 amide bonds. The Morgan fingerprint density at radius 1 is 1.29 bits per heavy atom. The molecule has 3 heterocycles. The predicted molar refractivity (Wildman–Crippen MR) is 102 cm³/mol. The van der Waals surface area contributed by atoms with Gasteiger partial charge in [0.2, 0.25) is 5.95 Å². The smallest absolute Gasteiger partial charge is 0.223 e. The third-order valence-electron chi connectivity index (χ3n) is 4.18. The SMILES string of the molecule is Cc1cnc(Cn2cc(C(C)C)c3c(Br)nc(N)nc32)c(C)c1Cl. The Hall–Kier alpha value is -1.66. The van der Waals surface area contributed by atoms with Crippen LogP contribution in [0.15, 0.2) is 17.0 Å². The number of aromatic nitrogens is 4. The van der Waals surface area contributed by atoms with Crippen LogP contribution in [0.5, 0.6) is 0 Å². The molecule has 0 fully saturated rings. The molecular formula is C17H19BrClN5. The van der Waals surface area contributed by atoms with Gasteiger partial charge in [-0.15, -0.1) is 0 Å². The summed E-state index contributed by atoms with van der Waals surface area (Å²) in [4.78, 5) is 13.2. The lowest BCUT2D eigenvalue weighted by Crippen LogP contribution is -2.06. The molecule has 0 saturated heterocycles. The van der Waals surface area contributed by atoms with Crippen molar-refractivity contribution in [1.29, 1.82) is 0 Å². The molecule has 0 saturated carbocycles. The van der Waals surface area contributed by atoms with Crippen LogP contribution >= 0.6 is 27.5 Å². The lowest BCUT2D eigenvalue weighted by atomic mass is 10.1. The number of rotatable bonds is 3. The van der Waals surface area contributed by atoms with E-state index in [2.05, 4.69) is 55.5 Å². The van der Waals surface area contributed by atoms with Crippen LogP contribution in [0.25, 0.3) is 11.0 Å². The van der Waals surface area contributed by atoms with Crippen LogP contribution < -0.4 is 5.73 Å². The maximum absolute atomic E-state index is 6.37. The average Bonchev–Trinajstić information content (AvgIpc) is 2.87. The largest absolute Gasteiger partial charge is 0.368 e. The van der Waals surface area contributed by atoms with E-state index >= 15 is 0 Å². The van der Waals surface area contributed by atoms with Gasteiger partial charge in [-0.05, 0) is 52.4 Å². The number of fused-ring (bicyclic) bond motifs is 1. The summed E-state index contributed by atoms with van der Waals surface area (Å²) in [6.45, 7) is 8.82. The summed E-state index contributed by atoms with van der Waals surface area (Å²) < 4.78 is 2.79. The molecule has 0 bridgehead atoms. The van der Waals surface area contributed by atoms with Crippen molar-refractivity contribution in [3.05, 3.63) is 44.4 Å². The Morgan fingerprint density at radius 3 is 2.67 bits per heavy atom. The maximum atomic E-state index is 6.37. The molecule has 24 heavy (non-hydrogen) atoms. The highest BCUT2D eigenvalue weighted by molar-refractivity contribution is 9.10. The second-order valence-electron chi connectivity index (χ2n) is 6.27. The Balaban J connectivity index is 2.19. The number of hydrogen-bond acceptors (Lipinski definition) is 4. The molecule has 7 heteroatoms. The molecule has 0 spiro atoms. The Labute approximate surface area is 154 Å². The molecule has 5 nitrogen and oxygen atoms in total. The Morgan fingerprint density at radius 2 is 2.00 bits per heavy atom. The lowest BCUT2D eigenvalue weighted by Gasteiger charge is -2.10. The van der Waals surface area contributed by atoms with E-state index < -0.39 is 0 Å². The summed E-state index contributed by atoms with van der Waals surface area (Å²) >= 11 is 9.89. The molecule has 0 aromatic carbocycles. The van der Waals surface area contributed by atoms with E-state index in [0.29, 0.717) is 12.5 Å². The van der Waals surface area contributed by atoms with Crippen molar-refractivity contribution < 1.29 is 0 Å². The van der Waals surface area contributed by atoms with Crippen molar-refractivity contribution in [3.63, 3.8) is 0 Å². The van der Waals surface area contributed by atoms with Crippen LogP contribution in [0.3, 0.4) is 0 Å². The van der Waals surface area contributed by atoms with Gasteiger partial charge in [0.25, 0.3) is 0 Å². The second kappa shape index (κ2) is 6.33. The van der Waals surface area contributed by atoms with Crippen LogP contribution in [-0.4, -0.2) is 19.5 Å². The molecule has 2 N–H and O–H groups in total. The summed E-state index contributed by atoms with van der Waals surface area (Å²) in [5.41, 5.74) is 10.7. The monoisotopic (exact) mass is 407 g/mol. The molecular weight excluding hydrogens is 390 g/mol. The molecule has 0 atom stereocenters. The van der Waals surface area contributed by atoms with Gasteiger partial charge in [-0.2, -0.15) is 4.98 Å². The van der Waals surface area contributed by atoms with Gasteiger partial charge in [-0.3, -0.25) is 4.98 Å². The molecule has 3 aromatic rings. The topological polar surface area (TPSA) is 69.6 Å². The number of nitrogens with zero attached hydrogens (tertiary/aromatic N) is 4. The maximum Gasteiger partial charge on any atom is 0.223 e. The quantitative estimate of drug-likeness (QED) is 0.642. The predicted octanol–water partition coefficient (Wildman–Crippen LogP) is 4.61. The van der Waals surface area contributed by atoms with E-state index in [0.717, 1.165) is 37.5 Å². The third kappa shape index (κ3) is 2.89. The molecule has 3 aromatic heterocycles. The fourth-order valence-electron chi connectivity index (χ4n) is 2.82. The summed E-state index contributed by atoms with van der Waals surface area (Å²) in [6.07, 6.45) is 3.90. The van der Waals surface area contributed by atoms with Crippen LogP contribution in [-0.2, 0) is 6.54 Å². The minimum Gasteiger partial charge on any atom is -0.368 e. The van der Waals surface area contributed by atoms with Crippen molar-refractivity contribution in [2.45, 2.75) is 40.2 Å². The zero-order valence-corrected chi connectivity index (χ0v) is 16.4. The minimum atomic E-state index is 0.246. The van der Waals surface area contributed by atoms with Gasteiger partial charge < -0.3 is 10.3 Å². The van der Waals surface area contributed by atoms with Crippen molar-refractivity contribution in [2.24, 2.45) is 0 Å².